The van der Waals surface area contributed by atoms with Gasteiger partial charge in [-0.3, -0.25) is 4.98 Å². The van der Waals surface area contributed by atoms with E-state index >= 15 is 0 Å². The molecular weight excluding hydrogens is 168 g/mol. The summed E-state index contributed by atoms with van der Waals surface area (Å²) in [7, 11) is 1.38. The molecule has 4 heteroatoms. The molecule has 1 aliphatic heterocycles. The SMILES string of the molecule is COC(=O)c1cncc2c1CCN2. The Kier molecular flexibility index (Phi) is 1.88. The predicted octanol–water partition coefficient (Wildman–Crippen LogP) is 0.836. The van der Waals surface area contributed by atoms with Crippen molar-refractivity contribution in [2.75, 3.05) is 19.0 Å². The molecule has 13 heavy (non-hydrogen) atoms. The molecule has 0 bridgehead atoms. The van der Waals surface area contributed by atoms with E-state index in [0.29, 0.717) is 5.56 Å². The summed E-state index contributed by atoms with van der Waals surface area (Å²) in [4.78, 5) is 15.2. The van der Waals surface area contributed by atoms with Crippen molar-refractivity contribution in [3.05, 3.63) is 23.5 Å². The fraction of sp³-hybridized carbons (Fsp3) is 0.333. The van der Waals surface area contributed by atoms with E-state index in [4.69, 9.17) is 0 Å². The predicted molar refractivity (Wildman–Crippen MR) is 47.8 cm³/mol. The number of carbonyl (C=O) groups excluding carboxylic acids is 1. The lowest BCUT2D eigenvalue weighted by atomic mass is 10.1. The van der Waals surface area contributed by atoms with Gasteiger partial charge in [-0.2, -0.15) is 0 Å². The first-order chi connectivity index (χ1) is 6.33. The zero-order chi connectivity index (χ0) is 9.26. The van der Waals surface area contributed by atoms with Gasteiger partial charge in [-0.05, 0) is 12.0 Å². The van der Waals surface area contributed by atoms with Crippen LogP contribution in [-0.2, 0) is 11.2 Å². The molecule has 0 spiro atoms. The van der Waals surface area contributed by atoms with Crippen LogP contribution in [0.2, 0.25) is 0 Å². The Morgan fingerprint density at radius 1 is 1.62 bits per heavy atom. The van der Waals surface area contributed by atoms with Crippen LogP contribution in [0.1, 0.15) is 15.9 Å². The molecule has 0 radical (unpaired) electrons. The third kappa shape index (κ3) is 1.24. The Hall–Kier alpha value is -1.58. The molecule has 1 aliphatic rings. The van der Waals surface area contributed by atoms with Crippen LogP contribution >= 0.6 is 0 Å². The van der Waals surface area contributed by atoms with Crippen LogP contribution in [0.3, 0.4) is 0 Å². The number of fused-ring (bicyclic) bond motifs is 1. The second kappa shape index (κ2) is 3.05. The number of ether oxygens (including phenoxy) is 1. The second-order valence-corrected chi connectivity index (χ2v) is 2.88. The summed E-state index contributed by atoms with van der Waals surface area (Å²) in [5.41, 5.74) is 2.54. The summed E-state index contributed by atoms with van der Waals surface area (Å²) in [6.07, 6.45) is 4.15. The van der Waals surface area contributed by atoms with E-state index < -0.39 is 0 Å². The highest BCUT2D eigenvalue weighted by Gasteiger charge is 2.19. The Morgan fingerprint density at radius 3 is 3.23 bits per heavy atom. The van der Waals surface area contributed by atoms with Crippen molar-refractivity contribution in [3.8, 4) is 0 Å². The van der Waals surface area contributed by atoms with Crippen molar-refractivity contribution in [3.63, 3.8) is 0 Å². The van der Waals surface area contributed by atoms with Crippen molar-refractivity contribution in [1.29, 1.82) is 0 Å². The number of methoxy groups -OCH3 is 1. The van der Waals surface area contributed by atoms with Crippen molar-refractivity contribution in [1.82, 2.24) is 4.98 Å². The fourth-order valence-corrected chi connectivity index (χ4v) is 1.52. The number of rotatable bonds is 1. The number of nitrogens with one attached hydrogen (secondary N) is 1. The lowest BCUT2D eigenvalue weighted by Crippen LogP contribution is -2.05. The largest absolute Gasteiger partial charge is 0.465 e. The molecule has 1 N–H and O–H groups in total. The number of anilines is 1. The molecule has 68 valence electrons. The molecule has 0 atom stereocenters. The molecule has 2 rings (SSSR count). The highest BCUT2D eigenvalue weighted by molar-refractivity contribution is 5.92. The molecule has 2 heterocycles. The van der Waals surface area contributed by atoms with Gasteiger partial charge in [0, 0.05) is 12.7 Å². The summed E-state index contributed by atoms with van der Waals surface area (Å²) < 4.78 is 4.65. The number of hydrogen-bond donors (Lipinski definition) is 1. The Labute approximate surface area is 75.9 Å². The molecule has 0 amide bonds. The number of hydrogen-bond acceptors (Lipinski definition) is 4. The van der Waals surface area contributed by atoms with E-state index in [1.807, 2.05) is 0 Å². The quantitative estimate of drug-likeness (QED) is 0.647. The minimum absolute atomic E-state index is 0.312. The summed E-state index contributed by atoms with van der Waals surface area (Å²) >= 11 is 0. The highest BCUT2D eigenvalue weighted by Crippen LogP contribution is 2.24. The minimum Gasteiger partial charge on any atom is -0.465 e. The van der Waals surface area contributed by atoms with E-state index in [1.165, 1.54) is 7.11 Å². The maximum absolute atomic E-state index is 11.3. The lowest BCUT2D eigenvalue weighted by molar-refractivity contribution is 0.0599. The fourth-order valence-electron chi connectivity index (χ4n) is 1.52. The monoisotopic (exact) mass is 178 g/mol. The number of esters is 1. The smallest absolute Gasteiger partial charge is 0.339 e. The minimum atomic E-state index is -0.312. The summed E-state index contributed by atoms with van der Waals surface area (Å²) in [5, 5.41) is 3.15. The maximum atomic E-state index is 11.3. The first-order valence-electron chi connectivity index (χ1n) is 4.12. The second-order valence-electron chi connectivity index (χ2n) is 2.88. The van der Waals surface area contributed by atoms with Gasteiger partial charge in [-0.15, -0.1) is 0 Å². The first kappa shape index (κ1) is 8.04. The van der Waals surface area contributed by atoms with E-state index in [2.05, 4.69) is 15.0 Å². The number of nitrogens with zero attached hydrogens (tertiary/aromatic N) is 1. The topological polar surface area (TPSA) is 51.2 Å². The number of carbonyl (C=O) groups is 1. The third-order valence-electron chi connectivity index (χ3n) is 2.15. The highest BCUT2D eigenvalue weighted by atomic mass is 16.5. The van der Waals surface area contributed by atoms with Gasteiger partial charge in [0.15, 0.2) is 0 Å². The standard InChI is InChI=1S/C9H10N2O2/c1-13-9(12)7-4-10-5-8-6(7)2-3-11-8/h4-5,11H,2-3H2,1H3. The summed E-state index contributed by atoms with van der Waals surface area (Å²) in [6.45, 7) is 0.866. The zero-order valence-electron chi connectivity index (χ0n) is 7.33. The van der Waals surface area contributed by atoms with E-state index in [-0.39, 0.29) is 5.97 Å². The van der Waals surface area contributed by atoms with Crippen LogP contribution in [0.25, 0.3) is 0 Å². The molecule has 0 unspecified atom stereocenters. The molecule has 0 saturated carbocycles. The molecule has 1 aromatic rings. The molecule has 0 saturated heterocycles. The third-order valence-corrected chi connectivity index (χ3v) is 2.15. The van der Waals surface area contributed by atoms with Crippen LogP contribution in [0, 0.1) is 0 Å². The van der Waals surface area contributed by atoms with Crippen LogP contribution in [-0.4, -0.2) is 24.6 Å². The summed E-state index contributed by atoms with van der Waals surface area (Å²) in [6, 6.07) is 0. The molecule has 1 aromatic heterocycles. The van der Waals surface area contributed by atoms with Crippen LogP contribution in [0.4, 0.5) is 5.69 Å². The van der Waals surface area contributed by atoms with E-state index in [9.17, 15) is 4.79 Å². The van der Waals surface area contributed by atoms with Crippen LogP contribution in [0.5, 0.6) is 0 Å². The average Bonchev–Trinajstić information content (AvgIpc) is 2.63. The number of pyridine rings is 1. The van der Waals surface area contributed by atoms with Crippen molar-refractivity contribution in [2.24, 2.45) is 0 Å². The number of aromatic nitrogens is 1. The van der Waals surface area contributed by atoms with Crippen molar-refractivity contribution >= 4 is 11.7 Å². The van der Waals surface area contributed by atoms with Crippen LogP contribution in [0.15, 0.2) is 12.4 Å². The maximum Gasteiger partial charge on any atom is 0.339 e. The molecular formula is C9H10N2O2. The average molecular weight is 178 g/mol. The van der Waals surface area contributed by atoms with Gasteiger partial charge in [0.25, 0.3) is 0 Å². The first-order valence-corrected chi connectivity index (χ1v) is 4.12. The van der Waals surface area contributed by atoms with Gasteiger partial charge in [0.05, 0.1) is 24.6 Å². The van der Waals surface area contributed by atoms with Gasteiger partial charge < -0.3 is 10.1 Å². The normalized spacial score (nSPS) is 13.3. The zero-order valence-corrected chi connectivity index (χ0v) is 7.33. The Morgan fingerprint density at radius 2 is 2.46 bits per heavy atom. The van der Waals surface area contributed by atoms with Gasteiger partial charge >= 0.3 is 5.97 Å². The van der Waals surface area contributed by atoms with Gasteiger partial charge in [-0.1, -0.05) is 0 Å². The van der Waals surface area contributed by atoms with Crippen LogP contribution < -0.4 is 5.32 Å². The molecule has 0 aliphatic carbocycles. The Balaban J connectivity index is 2.47. The van der Waals surface area contributed by atoms with Crippen molar-refractivity contribution in [2.45, 2.75) is 6.42 Å². The van der Waals surface area contributed by atoms with E-state index in [1.54, 1.807) is 12.4 Å². The molecule has 0 fully saturated rings. The van der Waals surface area contributed by atoms with Gasteiger partial charge in [0.2, 0.25) is 0 Å². The lowest BCUT2D eigenvalue weighted by Gasteiger charge is -2.03. The summed E-state index contributed by atoms with van der Waals surface area (Å²) in [5.74, 6) is -0.312. The Bertz CT molecular complexity index is 349. The molecule has 4 nitrogen and oxygen atoms in total. The molecule has 0 aromatic carbocycles. The van der Waals surface area contributed by atoms with Gasteiger partial charge in [0.1, 0.15) is 0 Å². The van der Waals surface area contributed by atoms with Gasteiger partial charge in [-0.25, -0.2) is 4.79 Å². The van der Waals surface area contributed by atoms with E-state index in [0.717, 1.165) is 24.2 Å². The van der Waals surface area contributed by atoms with Crippen molar-refractivity contribution < 1.29 is 9.53 Å².